The van der Waals surface area contributed by atoms with Crippen molar-refractivity contribution < 1.29 is 4.79 Å². The SMILES string of the molecule is CCc1ccc([C@@H](C)NC(=O)CSc2nnnn2-c2cccc(C)c2C)cc1. The highest BCUT2D eigenvalue weighted by Crippen LogP contribution is 2.22. The maximum atomic E-state index is 12.4. The molecular weight excluding hydrogens is 370 g/mol. The Labute approximate surface area is 169 Å². The van der Waals surface area contributed by atoms with E-state index in [1.807, 2.05) is 26.0 Å². The fourth-order valence-corrected chi connectivity index (χ4v) is 3.62. The van der Waals surface area contributed by atoms with Crippen molar-refractivity contribution in [3.63, 3.8) is 0 Å². The van der Waals surface area contributed by atoms with E-state index in [1.165, 1.54) is 22.9 Å². The molecule has 3 aromatic rings. The molecule has 1 N–H and O–H groups in total. The number of thioether (sulfide) groups is 1. The van der Waals surface area contributed by atoms with Crippen molar-refractivity contribution in [1.29, 1.82) is 0 Å². The van der Waals surface area contributed by atoms with Gasteiger partial charge in [-0.05, 0) is 65.9 Å². The van der Waals surface area contributed by atoms with E-state index in [2.05, 4.69) is 65.0 Å². The van der Waals surface area contributed by atoms with Crippen molar-refractivity contribution >= 4 is 17.7 Å². The number of tetrazole rings is 1. The van der Waals surface area contributed by atoms with E-state index in [4.69, 9.17) is 0 Å². The zero-order valence-corrected chi connectivity index (χ0v) is 17.5. The number of nitrogens with one attached hydrogen (secondary N) is 1. The molecule has 0 bridgehead atoms. The minimum Gasteiger partial charge on any atom is -0.349 e. The number of amides is 1. The zero-order chi connectivity index (χ0) is 20.1. The lowest BCUT2D eigenvalue weighted by molar-refractivity contribution is -0.119. The van der Waals surface area contributed by atoms with Crippen LogP contribution < -0.4 is 5.32 Å². The van der Waals surface area contributed by atoms with Crippen molar-refractivity contribution in [2.75, 3.05) is 5.75 Å². The van der Waals surface area contributed by atoms with Crippen molar-refractivity contribution in [1.82, 2.24) is 25.5 Å². The minimum absolute atomic E-state index is 0.0472. The van der Waals surface area contributed by atoms with E-state index in [1.54, 1.807) is 4.68 Å². The first-order chi connectivity index (χ1) is 13.5. The summed E-state index contributed by atoms with van der Waals surface area (Å²) in [6, 6.07) is 14.3. The van der Waals surface area contributed by atoms with Gasteiger partial charge in [-0.2, -0.15) is 4.68 Å². The lowest BCUT2D eigenvalue weighted by atomic mass is 10.1. The summed E-state index contributed by atoms with van der Waals surface area (Å²) in [5.41, 5.74) is 5.60. The average molecular weight is 396 g/mol. The molecule has 28 heavy (non-hydrogen) atoms. The number of hydrogen-bond donors (Lipinski definition) is 1. The Balaban J connectivity index is 1.62. The van der Waals surface area contributed by atoms with Crippen LogP contribution >= 0.6 is 11.8 Å². The molecule has 0 saturated carbocycles. The lowest BCUT2D eigenvalue weighted by Gasteiger charge is -2.15. The number of nitrogens with zero attached hydrogens (tertiary/aromatic N) is 4. The molecule has 1 heterocycles. The number of aryl methyl sites for hydroxylation is 2. The van der Waals surface area contributed by atoms with Crippen LogP contribution in [0.5, 0.6) is 0 Å². The molecular formula is C21H25N5OS. The molecule has 0 fully saturated rings. The topological polar surface area (TPSA) is 72.7 Å². The Morgan fingerprint density at radius 1 is 1.18 bits per heavy atom. The van der Waals surface area contributed by atoms with Crippen LogP contribution in [0.1, 0.15) is 42.1 Å². The van der Waals surface area contributed by atoms with Gasteiger partial charge in [-0.3, -0.25) is 4.79 Å². The summed E-state index contributed by atoms with van der Waals surface area (Å²) in [6.45, 7) is 8.21. The maximum Gasteiger partial charge on any atom is 0.230 e. The second kappa shape index (κ2) is 9.01. The highest BCUT2D eigenvalue weighted by atomic mass is 32.2. The van der Waals surface area contributed by atoms with Crippen LogP contribution in [0.4, 0.5) is 0 Å². The van der Waals surface area contributed by atoms with Crippen LogP contribution in [0.15, 0.2) is 47.6 Å². The molecule has 0 unspecified atom stereocenters. The largest absolute Gasteiger partial charge is 0.349 e. The van der Waals surface area contributed by atoms with Gasteiger partial charge in [-0.15, -0.1) is 5.10 Å². The molecule has 0 radical (unpaired) electrons. The van der Waals surface area contributed by atoms with Gasteiger partial charge in [0.15, 0.2) is 0 Å². The van der Waals surface area contributed by atoms with Crippen LogP contribution in [-0.4, -0.2) is 31.9 Å². The first-order valence-electron chi connectivity index (χ1n) is 9.35. The lowest BCUT2D eigenvalue weighted by Crippen LogP contribution is -2.28. The summed E-state index contributed by atoms with van der Waals surface area (Å²) < 4.78 is 1.69. The normalized spacial score (nSPS) is 12.0. The van der Waals surface area contributed by atoms with E-state index < -0.39 is 0 Å². The molecule has 0 aliphatic rings. The van der Waals surface area contributed by atoms with Crippen LogP contribution in [0.25, 0.3) is 5.69 Å². The molecule has 0 aliphatic heterocycles. The highest BCUT2D eigenvalue weighted by Gasteiger charge is 2.15. The van der Waals surface area contributed by atoms with Crippen LogP contribution in [0, 0.1) is 13.8 Å². The summed E-state index contributed by atoms with van der Waals surface area (Å²) in [7, 11) is 0. The molecule has 7 heteroatoms. The summed E-state index contributed by atoms with van der Waals surface area (Å²) >= 11 is 1.33. The quantitative estimate of drug-likeness (QED) is 0.616. The number of benzene rings is 2. The zero-order valence-electron chi connectivity index (χ0n) is 16.6. The van der Waals surface area contributed by atoms with Crippen molar-refractivity contribution in [2.24, 2.45) is 0 Å². The molecule has 1 amide bonds. The van der Waals surface area contributed by atoms with E-state index in [0.29, 0.717) is 5.16 Å². The van der Waals surface area contributed by atoms with Gasteiger partial charge in [-0.25, -0.2) is 0 Å². The number of aromatic nitrogens is 4. The van der Waals surface area contributed by atoms with Gasteiger partial charge in [0.25, 0.3) is 0 Å². The second-order valence-corrected chi connectivity index (χ2v) is 7.71. The smallest absolute Gasteiger partial charge is 0.230 e. The van der Waals surface area contributed by atoms with E-state index >= 15 is 0 Å². The molecule has 6 nitrogen and oxygen atoms in total. The predicted molar refractivity (Wildman–Crippen MR) is 112 cm³/mol. The van der Waals surface area contributed by atoms with Gasteiger partial charge in [0, 0.05) is 0 Å². The maximum absolute atomic E-state index is 12.4. The third-order valence-corrected chi connectivity index (χ3v) is 5.76. The van der Waals surface area contributed by atoms with Crippen LogP contribution in [0.2, 0.25) is 0 Å². The van der Waals surface area contributed by atoms with Gasteiger partial charge in [0.05, 0.1) is 17.5 Å². The van der Waals surface area contributed by atoms with Gasteiger partial charge in [0.2, 0.25) is 11.1 Å². The standard InChI is InChI=1S/C21H25N5OS/c1-5-17-9-11-18(12-10-17)16(4)22-20(27)13-28-21-23-24-25-26(21)19-8-6-7-14(2)15(19)3/h6-12,16H,5,13H2,1-4H3,(H,22,27)/t16-/m1/s1. The average Bonchev–Trinajstić information content (AvgIpc) is 3.17. The van der Waals surface area contributed by atoms with Crippen LogP contribution in [0.3, 0.4) is 0 Å². The molecule has 3 rings (SSSR count). The number of carbonyl (C=O) groups is 1. The second-order valence-electron chi connectivity index (χ2n) is 6.77. The minimum atomic E-state index is -0.0485. The third-order valence-electron chi connectivity index (χ3n) is 4.84. The first kappa shape index (κ1) is 20.1. The van der Waals surface area contributed by atoms with Gasteiger partial charge in [0.1, 0.15) is 0 Å². The Hall–Kier alpha value is -2.67. The van der Waals surface area contributed by atoms with Crippen molar-refractivity contribution in [3.8, 4) is 5.69 Å². The van der Waals surface area contributed by atoms with Gasteiger partial charge < -0.3 is 5.32 Å². The first-order valence-corrected chi connectivity index (χ1v) is 10.3. The van der Waals surface area contributed by atoms with Crippen LogP contribution in [-0.2, 0) is 11.2 Å². The Bertz CT molecular complexity index is 952. The molecule has 0 saturated heterocycles. The molecule has 0 aliphatic carbocycles. The summed E-state index contributed by atoms with van der Waals surface area (Å²) in [6.07, 6.45) is 1.01. The Kier molecular flexibility index (Phi) is 6.46. The summed E-state index contributed by atoms with van der Waals surface area (Å²) in [5.74, 6) is 0.204. The van der Waals surface area contributed by atoms with Gasteiger partial charge in [-0.1, -0.05) is 55.1 Å². The highest BCUT2D eigenvalue weighted by molar-refractivity contribution is 7.99. The predicted octanol–water partition coefficient (Wildman–Crippen LogP) is 3.81. The van der Waals surface area contributed by atoms with Crippen molar-refractivity contribution in [3.05, 3.63) is 64.7 Å². The number of carbonyl (C=O) groups excluding carboxylic acids is 1. The Morgan fingerprint density at radius 2 is 1.93 bits per heavy atom. The van der Waals surface area contributed by atoms with E-state index in [9.17, 15) is 4.79 Å². The number of hydrogen-bond acceptors (Lipinski definition) is 5. The molecule has 2 aromatic carbocycles. The molecule has 1 aromatic heterocycles. The summed E-state index contributed by atoms with van der Waals surface area (Å²) in [5, 5.41) is 15.6. The monoisotopic (exact) mass is 395 g/mol. The van der Waals surface area contributed by atoms with E-state index in [-0.39, 0.29) is 17.7 Å². The molecule has 0 spiro atoms. The number of rotatable bonds is 7. The summed E-state index contributed by atoms with van der Waals surface area (Å²) in [4.78, 5) is 12.4. The van der Waals surface area contributed by atoms with Gasteiger partial charge >= 0.3 is 0 Å². The molecule has 146 valence electrons. The fourth-order valence-electron chi connectivity index (χ4n) is 2.92. The Morgan fingerprint density at radius 3 is 2.64 bits per heavy atom. The molecule has 1 atom stereocenters. The van der Waals surface area contributed by atoms with E-state index in [0.717, 1.165) is 23.2 Å². The van der Waals surface area contributed by atoms with Crippen molar-refractivity contribution in [2.45, 2.75) is 45.3 Å². The third kappa shape index (κ3) is 4.59. The fraction of sp³-hybridized carbons (Fsp3) is 0.333.